The van der Waals surface area contributed by atoms with Crippen LogP contribution in [0.5, 0.6) is 0 Å². The van der Waals surface area contributed by atoms with Gasteiger partial charge in [0.15, 0.2) is 0 Å². The van der Waals surface area contributed by atoms with Gasteiger partial charge in [0.1, 0.15) is 12.3 Å². The average Bonchev–Trinajstić information content (AvgIpc) is 2.66. The Balaban J connectivity index is 2.02. The molecule has 2 heterocycles. The molecule has 2 aliphatic heterocycles. The van der Waals surface area contributed by atoms with E-state index >= 15 is 0 Å². The van der Waals surface area contributed by atoms with Gasteiger partial charge in [0.25, 0.3) is 0 Å². The standard InChI is InChI=1S/C11H13NO3S/c1-3-5-15-11(14)8-6-16-10-7(4-2)9(13)12(8)10/h3,6-7,10H,1,4-5H2,2H3/t7-,10-/m0/s1. The lowest BCUT2D eigenvalue weighted by Crippen LogP contribution is -2.57. The molecule has 1 fully saturated rings. The van der Waals surface area contributed by atoms with Gasteiger partial charge in [-0.05, 0) is 6.42 Å². The van der Waals surface area contributed by atoms with E-state index in [2.05, 4.69) is 6.58 Å². The monoisotopic (exact) mass is 239 g/mol. The Bertz CT molecular complexity index is 377. The van der Waals surface area contributed by atoms with Gasteiger partial charge in [-0.2, -0.15) is 0 Å². The zero-order valence-corrected chi connectivity index (χ0v) is 9.83. The lowest BCUT2D eigenvalue weighted by atomic mass is 9.95. The van der Waals surface area contributed by atoms with Crippen LogP contribution >= 0.6 is 11.8 Å². The molecule has 0 aromatic carbocycles. The van der Waals surface area contributed by atoms with Crippen LogP contribution in [0.3, 0.4) is 0 Å². The topological polar surface area (TPSA) is 46.6 Å². The van der Waals surface area contributed by atoms with Crippen molar-refractivity contribution in [3.63, 3.8) is 0 Å². The Morgan fingerprint density at radius 1 is 1.75 bits per heavy atom. The van der Waals surface area contributed by atoms with Crippen molar-refractivity contribution in [2.24, 2.45) is 5.92 Å². The molecule has 0 aromatic rings. The maximum atomic E-state index is 11.7. The normalized spacial score (nSPS) is 26.9. The van der Waals surface area contributed by atoms with Gasteiger partial charge in [0.05, 0.1) is 11.3 Å². The number of hydrogen-bond donors (Lipinski definition) is 0. The average molecular weight is 239 g/mol. The van der Waals surface area contributed by atoms with Crippen molar-refractivity contribution in [1.82, 2.24) is 4.90 Å². The van der Waals surface area contributed by atoms with Gasteiger partial charge in [0.2, 0.25) is 5.91 Å². The maximum Gasteiger partial charge on any atom is 0.355 e. The summed E-state index contributed by atoms with van der Waals surface area (Å²) in [6.45, 7) is 5.62. The Kier molecular flexibility index (Phi) is 3.05. The molecule has 0 spiro atoms. The molecule has 4 nitrogen and oxygen atoms in total. The summed E-state index contributed by atoms with van der Waals surface area (Å²) in [4.78, 5) is 24.8. The van der Waals surface area contributed by atoms with Gasteiger partial charge in [-0.1, -0.05) is 19.6 Å². The summed E-state index contributed by atoms with van der Waals surface area (Å²) in [5.74, 6) is -0.372. The molecule has 2 rings (SSSR count). The third-order valence-corrected chi connectivity index (χ3v) is 3.89. The van der Waals surface area contributed by atoms with Gasteiger partial charge in [-0.15, -0.1) is 11.8 Å². The second-order valence-corrected chi connectivity index (χ2v) is 4.63. The zero-order valence-electron chi connectivity index (χ0n) is 9.01. The summed E-state index contributed by atoms with van der Waals surface area (Å²) >= 11 is 1.51. The van der Waals surface area contributed by atoms with Crippen molar-refractivity contribution in [3.8, 4) is 0 Å². The van der Waals surface area contributed by atoms with Crippen molar-refractivity contribution in [2.45, 2.75) is 18.7 Å². The first-order chi connectivity index (χ1) is 7.70. The number of carbonyl (C=O) groups excluding carboxylic acids is 2. The van der Waals surface area contributed by atoms with Crippen LogP contribution in [0.15, 0.2) is 23.8 Å². The van der Waals surface area contributed by atoms with E-state index in [1.54, 1.807) is 5.41 Å². The SMILES string of the molecule is C=CCOC(=O)C1=CS[C@H]2[C@@H](CC)C(=O)N12. The molecule has 0 aliphatic carbocycles. The van der Waals surface area contributed by atoms with E-state index in [1.807, 2.05) is 6.92 Å². The van der Waals surface area contributed by atoms with E-state index in [0.717, 1.165) is 6.42 Å². The Labute approximate surface area is 98.3 Å². The van der Waals surface area contributed by atoms with E-state index in [4.69, 9.17) is 4.74 Å². The van der Waals surface area contributed by atoms with Gasteiger partial charge < -0.3 is 4.74 Å². The molecule has 0 N–H and O–H groups in total. The fraction of sp³-hybridized carbons (Fsp3) is 0.455. The Hall–Kier alpha value is -1.23. The quantitative estimate of drug-likeness (QED) is 0.424. The van der Waals surface area contributed by atoms with E-state index in [1.165, 1.54) is 22.7 Å². The number of thioether (sulfide) groups is 1. The number of amides is 1. The van der Waals surface area contributed by atoms with Gasteiger partial charge in [-0.3, -0.25) is 9.69 Å². The molecule has 0 aromatic heterocycles. The van der Waals surface area contributed by atoms with Crippen LogP contribution in [0.2, 0.25) is 0 Å². The van der Waals surface area contributed by atoms with Gasteiger partial charge in [0, 0.05) is 5.41 Å². The summed E-state index contributed by atoms with van der Waals surface area (Å²) in [6.07, 6.45) is 2.32. The molecule has 0 radical (unpaired) electrons. The number of rotatable bonds is 4. The highest BCUT2D eigenvalue weighted by molar-refractivity contribution is 8.03. The van der Waals surface area contributed by atoms with Crippen LogP contribution < -0.4 is 0 Å². The zero-order chi connectivity index (χ0) is 11.7. The summed E-state index contributed by atoms with van der Waals surface area (Å²) in [6, 6.07) is 0. The number of carbonyl (C=O) groups is 2. The predicted molar refractivity (Wildman–Crippen MR) is 61.2 cm³/mol. The number of hydrogen-bond acceptors (Lipinski definition) is 4. The Morgan fingerprint density at radius 2 is 2.50 bits per heavy atom. The number of fused-ring (bicyclic) bond motifs is 1. The van der Waals surface area contributed by atoms with Gasteiger partial charge in [-0.25, -0.2) is 4.79 Å². The van der Waals surface area contributed by atoms with E-state index in [9.17, 15) is 9.59 Å². The van der Waals surface area contributed by atoms with E-state index in [0.29, 0.717) is 5.70 Å². The van der Waals surface area contributed by atoms with Crippen LogP contribution in [-0.4, -0.2) is 28.8 Å². The minimum Gasteiger partial charge on any atom is -0.457 e. The van der Waals surface area contributed by atoms with Crippen LogP contribution in [0.1, 0.15) is 13.3 Å². The Morgan fingerprint density at radius 3 is 3.12 bits per heavy atom. The van der Waals surface area contributed by atoms with Crippen molar-refractivity contribution in [3.05, 3.63) is 23.8 Å². The largest absolute Gasteiger partial charge is 0.457 e. The third kappa shape index (κ3) is 1.55. The highest BCUT2D eigenvalue weighted by Gasteiger charge is 2.52. The van der Waals surface area contributed by atoms with E-state index < -0.39 is 5.97 Å². The second-order valence-electron chi connectivity index (χ2n) is 3.64. The molecule has 1 amide bonds. The van der Waals surface area contributed by atoms with Crippen molar-refractivity contribution in [1.29, 1.82) is 0 Å². The molecule has 16 heavy (non-hydrogen) atoms. The van der Waals surface area contributed by atoms with Crippen LogP contribution in [0.25, 0.3) is 0 Å². The minimum atomic E-state index is -0.446. The number of nitrogens with zero attached hydrogens (tertiary/aromatic N) is 1. The second kappa shape index (κ2) is 4.33. The van der Waals surface area contributed by atoms with Crippen LogP contribution in [0, 0.1) is 5.92 Å². The molecular weight excluding hydrogens is 226 g/mol. The lowest BCUT2D eigenvalue weighted by molar-refractivity contribution is -0.153. The van der Waals surface area contributed by atoms with Crippen molar-refractivity contribution in [2.75, 3.05) is 6.61 Å². The smallest absolute Gasteiger partial charge is 0.355 e. The molecule has 2 aliphatic rings. The fourth-order valence-corrected chi connectivity index (χ4v) is 3.17. The van der Waals surface area contributed by atoms with Crippen molar-refractivity contribution < 1.29 is 14.3 Å². The van der Waals surface area contributed by atoms with Crippen LogP contribution in [-0.2, 0) is 14.3 Å². The molecular formula is C11H13NO3S. The van der Waals surface area contributed by atoms with E-state index in [-0.39, 0.29) is 23.8 Å². The molecule has 0 bridgehead atoms. The van der Waals surface area contributed by atoms with Crippen LogP contribution in [0.4, 0.5) is 0 Å². The molecule has 5 heteroatoms. The number of β-lactam (4-membered cyclic amide) rings is 1. The number of esters is 1. The third-order valence-electron chi connectivity index (χ3n) is 2.71. The minimum absolute atomic E-state index is 0.0271. The summed E-state index contributed by atoms with van der Waals surface area (Å²) in [5.41, 5.74) is 0.367. The first-order valence-electron chi connectivity index (χ1n) is 5.17. The highest BCUT2D eigenvalue weighted by Crippen LogP contribution is 2.46. The lowest BCUT2D eigenvalue weighted by Gasteiger charge is -2.42. The first-order valence-corrected chi connectivity index (χ1v) is 6.11. The first kappa shape index (κ1) is 11.3. The molecule has 0 saturated carbocycles. The maximum absolute atomic E-state index is 11.7. The summed E-state index contributed by atoms with van der Waals surface area (Å²) in [7, 11) is 0. The molecule has 1 saturated heterocycles. The predicted octanol–water partition coefficient (Wildman–Crippen LogP) is 1.50. The highest BCUT2D eigenvalue weighted by atomic mass is 32.2. The molecule has 0 unspecified atom stereocenters. The number of ether oxygens (including phenoxy) is 1. The molecule has 86 valence electrons. The van der Waals surface area contributed by atoms with Gasteiger partial charge >= 0.3 is 5.97 Å². The summed E-state index contributed by atoms with van der Waals surface area (Å²) in [5, 5.41) is 1.81. The van der Waals surface area contributed by atoms with Crippen molar-refractivity contribution >= 4 is 23.6 Å². The molecule has 2 atom stereocenters. The fourth-order valence-electron chi connectivity index (χ4n) is 1.86. The summed E-state index contributed by atoms with van der Waals surface area (Å²) < 4.78 is 4.91.